The molecule has 3 heterocycles. The maximum atomic E-state index is 5.68. The normalized spacial score (nSPS) is 11.1. The van der Waals surface area contributed by atoms with E-state index in [-0.39, 0.29) is 0 Å². The fraction of sp³-hybridized carbons (Fsp3) is 0.0667. The van der Waals surface area contributed by atoms with Crippen LogP contribution in [0, 0.1) is 0 Å². The molecule has 3 aromatic heterocycles. The van der Waals surface area contributed by atoms with Crippen molar-refractivity contribution in [3.05, 3.63) is 60.6 Å². The van der Waals surface area contributed by atoms with Gasteiger partial charge in [-0.15, -0.1) is 20.4 Å². The third kappa shape index (κ3) is 2.46. The van der Waals surface area contributed by atoms with Crippen LogP contribution in [0.5, 0.6) is 0 Å². The average Bonchev–Trinajstić information content (AvgIpc) is 3.21. The van der Waals surface area contributed by atoms with Gasteiger partial charge in [-0.1, -0.05) is 36.0 Å². The van der Waals surface area contributed by atoms with Gasteiger partial charge in [-0.05, 0) is 24.3 Å². The first-order valence-electron chi connectivity index (χ1n) is 6.70. The third-order valence-electron chi connectivity index (χ3n) is 3.09. The van der Waals surface area contributed by atoms with Crippen molar-refractivity contribution in [1.29, 1.82) is 0 Å². The standard InChI is InChI=1S/C15H11N5OS/c1-2-6-11(7-3-1)14-18-17-13(21-14)10-22-15-19-16-12-8-4-5-9-20(12)15/h1-9H,10H2. The zero-order valence-electron chi connectivity index (χ0n) is 11.5. The van der Waals surface area contributed by atoms with Crippen LogP contribution in [0.3, 0.4) is 0 Å². The van der Waals surface area contributed by atoms with E-state index in [1.54, 1.807) is 0 Å². The van der Waals surface area contributed by atoms with E-state index in [0.29, 0.717) is 17.5 Å². The lowest BCUT2D eigenvalue weighted by molar-refractivity contribution is 0.528. The zero-order chi connectivity index (χ0) is 14.8. The number of hydrogen-bond acceptors (Lipinski definition) is 6. The van der Waals surface area contributed by atoms with Crippen LogP contribution in [0.4, 0.5) is 0 Å². The highest BCUT2D eigenvalue weighted by molar-refractivity contribution is 7.98. The minimum atomic E-state index is 0.530. The molecule has 0 atom stereocenters. The molecule has 0 radical (unpaired) electrons. The van der Waals surface area contributed by atoms with Crippen LogP contribution in [-0.4, -0.2) is 24.8 Å². The summed E-state index contributed by atoms with van der Waals surface area (Å²) in [7, 11) is 0. The molecule has 108 valence electrons. The first-order chi connectivity index (χ1) is 10.9. The predicted molar refractivity (Wildman–Crippen MR) is 82.3 cm³/mol. The summed E-state index contributed by atoms with van der Waals surface area (Å²) in [6, 6.07) is 15.5. The number of thioether (sulfide) groups is 1. The second-order valence-electron chi connectivity index (χ2n) is 4.57. The molecule has 4 rings (SSSR count). The van der Waals surface area contributed by atoms with Crippen molar-refractivity contribution in [2.45, 2.75) is 10.9 Å². The lowest BCUT2D eigenvalue weighted by atomic mass is 10.2. The second kappa shape index (κ2) is 5.61. The monoisotopic (exact) mass is 309 g/mol. The van der Waals surface area contributed by atoms with Gasteiger partial charge in [-0.2, -0.15) is 0 Å². The molecule has 22 heavy (non-hydrogen) atoms. The minimum absolute atomic E-state index is 0.530. The van der Waals surface area contributed by atoms with Crippen molar-refractivity contribution in [3.63, 3.8) is 0 Å². The van der Waals surface area contributed by atoms with E-state index in [2.05, 4.69) is 20.4 Å². The molecule has 7 heteroatoms. The molecule has 0 unspecified atom stereocenters. The summed E-state index contributed by atoms with van der Waals surface area (Å²) >= 11 is 1.51. The van der Waals surface area contributed by atoms with E-state index < -0.39 is 0 Å². The fourth-order valence-corrected chi connectivity index (χ4v) is 2.81. The number of pyridine rings is 1. The van der Waals surface area contributed by atoms with Crippen LogP contribution in [-0.2, 0) is 5.75 Å². The molecule has 0 aliphatic rings. The van der Waals surface area contributed by atoms with Crippen LogP contribution in [0.1, 0.15) is 5.89 Å². The molecule has 0 saturated carbocycles. The molecule has 0 amide bonds. The molecule has 0 spiro atoms. The van der Waals surface area contributed by atoms with Gasteiger partial charge in [0.05, 0.1) is 5.75 Å². The van der Waals surface area contributed by atoms with Gasteiger partial charge < -0.3 is 4.42 Å². The molecular weight excluding hydrogens is 298 g/mol. The van der Waals surface area contributed by atoms with E-state index in [1.165, 1.54) is 11.8 Å². The summed E-state index contributed by atoms with van der Waals surface area (Å²) in [6.45, 7) is 0. The number of rotatable bonds is 4. The Morgan fingerprint density at radius 1 is 0.909 bits per heavy atom. The molecule has 0 fully saturated rings. The van der Waals surface area contributed by atoms with Gasteiger partial charge in [0.25, 0.3) is 0 Å². The van der Waals surface area contributed by atoms with Crippen molar-refractivity contribution in [2.24, 2.45) is 0 Å². The molecule has 4 aromatic rings. The number of aromatic nitrogens is 5. The highest BCUT2D eigenvalue weighted by Crippen LogP contribution is 2.23. The van der Waals surface area contributed by atoms with Gasteiger partial charge in [0.15, 0.2) is 10.8 Å². The van der Waals surface area contributed by atoms with Crippen LogP contribution >= 0.6 is 11.8 Å². The summed E-state index contributed by atoms with van der Waals surface area (Å²) in [5.41, 5.74) is 1.74. The highest BCUT2D eigenvalue weighted by atomic mass is 32.2. The summed E-state index contributed by atoms with van der Waals surface area (Å²) < 4.78 is 7.61. The molecule has 1 aromatic carbocycles. The van der Waals surface area contributed by atoms with E-state index in [4.69, 9.17) is 4.42 Å². The van der Waals surface area contributed by atoms with Crippen molar-refractivity contribution >= 4 is 17.4 Å². The van der Waals surface area contributed by atoms with Crippen molar-refractivity contribution in [1.82, 2.24) is 24.8 Å². The van der Waals surface area contributed by atoms with Crippen LogP contribution in [0.15, 0.2) is 64.3 Å². The lowest BCUT2D eigenvalue weighted by Gasteiger charge is -1.96. The Balaban J connectivity index is 1.52. The Kier molecular flexibility index (Phi) is 3.32. The Bertz CT molecular complexity index is 902. The van der Waals surface area contributed by atoms with Gasteiger partial charge in [0.2, 0.25) is 11.8 Å². The largest absolute Gasteiger partial charge is 0.420 e. The SMILES string of the molecule is c1ccc(-c2nnc(CSc3nnc4ccccn34)o2)cc1. The van der Waals surface area contributed by atoms with Gasteiger partial charge in [-0.25, -0.2) is 0 Å². The molecular formula is C15H11N5OS. The topological polar surface area (TPSA) is 69.1 Å². The Hall–Kier alpha value is -2.67. The van der Waals surface area contributed by atoms with E-state index >= 15 is 0 Å². The average molecular weight is 309 g/mol. The van der Waals surface area contributed by atoms with Crippen molar-refractivity contribution in [2.75, 3.05) is 0 Å². The summed E-state index contributed by atoms with van der Waals surface area (Å²) in [5.74, 6) is 1.65. The third-order valence-corrected chi connectivity index (χ3v) is 4.02. The summed E-state index contributed by atoms with van der Waals surface area (Å²) in [4.78, 5) is 0. The van der Waals surface area contributed by atoms with E-state index in [1.807, 2.05) is 59.1 Å². The van der Waals surface area contributed by atoms with Crippen molar-refractivity contribution < 1.29 is 4.42 Å². The van der Waals surface area contributed by atoms with E-state index in [0.717, 1.165) is 16.4 Å². The molecule has 0 N–H and O–H groups in total. The Morgan fingerprint density at radius 3 is 2.68 bits per heavy atom. The number of benzene rings is 1. The van der Waals surface area contributed by atoms with Crippen molar-refractivity contribution in [3.8, 4) is 11.5 Å². The Labute approximate surface area is 130 Å². The maximum Gasteiger partial charge on any atom is 0.247 e. The van der Waals surface area contributed by atoms with Crippen LogP contribution in [0.25, 0.3) is 17.1 Å². The van der Waals surface area contributed by atoms with Gasteiger partial charge in [0, 0.05) is 11.8 Å². The van der Waals surface area contributed by atoms with Crippen LogP contribution in [0.2, 0.25) is 0 Å². The summed E-state index contributed by atoms with van der Waals surface area (Å²) in [5, 5.41) is 17.2. The lowest BCUT2D eigenvalue weighted by Crippen LogP contribution is -1.87. The minimum Gasteiger partial charge on any atom is -0.420 e. The maximum absolute atomic E-state index is 5.68. The molecule has 0 saturated heterocycles. The fourth-order valence-electron chi connectivity index (χ4n) is 2.05. The smallest absolute Gasteiger partial charge is 0.247 e. The highest BCUT2D eigenvalue weighted by Gasteiger charge is 2.11. The van der Waals surface area contributed by atoms with Gasteiger partial charge in [0.1, 0.15) is 0 Å². The first-order valence-corrected chi connectivity index (χ1v) is 7.69. The second-order valence-corrected chi connectivity index (χ2v) is 5.51. The zero-order valence-corrected chi connectivity index (χ0v) is 12.3. The van der Waals surface area contributed by atoms with Gasteiger partial charge >= 0.3 is 0 Å². The van der Waals surface area contributed by atoms with E-state index in [9.17, 15) is 0 Å². The molecule has 6 nitrogen and oxygen atoms in total. The molecule has 0 bridgehead atoms. The predicted octanol–water partition coefficient (Wildman–Crippen LogP) is 3.07. The quantitative estimate of drug-likeness (QED) is 0.540. The summed E-state index contributed by atoms with van der Waals surface area (Å²) in [6.07, 6.45) is 1.93. The molecule has 0 aliphatic heterocycles. The number of nitrogens with zero attached hydrogens (tertiary/aromatic N) is 5. The Morgan fingerprint density at radius 2 is 1.77 bits per heavy atom. The first kappa shape index (κ1) is 13.0. The van der Waals surface area contributed by atoms with Gasteiger partial charge in [-0.3, -0.25) is 4.40 Å². The molecule has 0 aliphatic carbocycles. The number of fused-ring (bicyclic) bond motifs is 1. The number of hydrogen-bond donors (Lipinski definition) is 0. The van der Waals surface area contributed by atoms with Crippen LogP contribution < -0.4 is 0 Å².